The van der Waals surface area contributed by atoms with Crippen molar-refractivity contribution in [3.63, 3.8) is 0 Å². The van der Waals surface area contributed by atoms with Gasteiger partial charge in [0.25, 0.3) is 5.91 Å². The van der Waals surface area contributed by atoms with Gasteiger partial charge in [0.15, 0.2) is 5.60 Å². The number of hydrogen-bond acceptors (Lipinski definition) is 2. The highest BCUT2D eigenvalue weighted by atomic mass is 35.5. The molecule has 1 amide bonds. The third-order valence-electron chi connectivity index (χ3n) is 3.60. The molecule has 1 atom stereocenters. The topological polar surface area (TPSA) is 40.5 Å². The maximum absolute atomic E-state index is 12.7. The lowest BCUT2D eigenvalue weighted by atomic mass is 9.87. The van der Waals surface area contributed by atoms with Crippen LogP contribution in [0.15, 0.2) is 66.9 Å². The van der Waals surface area contributed by atoms with Crippen LogP contribution < -0.4 is 4.90 Å². The molecule has 1 N–H and O–H groups in total. The minimum Gasteiger partial charge on any atom is -0.375 e. The molecule has 1 aliphatic rings. The number of halogens is 1. The predicted molar refractivity (Wildman–Crippen MR) is 83.0 cm³/mol. The average Bonchev–Trinajstić information content (AvgIpc) is 2.52. The van der Waals surface area contributed by atoms with E-state index in [1.165, 1.54) is 4.90 Å². The minimum atomic E-state index is -1.53. The van der Waals surface area contributed by atoms with Crippen molar-refractivity contribution in [3.05, 3.63) is 77.5 Å². The van der Waals surface area contributed by atoms with Crippen molar-refractivity contribution in [1.29, 1.82) is 0 Å². The molecule has 2 aromatic carbocycles. The van der Waals surface area contributed by atoms with E-state index in [2.05, 4.69) is 0 Å². The van der Waals surface area contributed by atoms with Gasteiger partial charge >= 0.3 is 0 Å². The average molecular weight is 300 g/mol. The molecule has 106 valence electrons. The summed E-state index contributed by atoms with van der Waals surface area (Å²) in [6, 6.07) is 15.9. The van der Waals surface area contributed by atoms with E-state index in [9.17, 15) is 9.90 Å². The van der Waals surface area contributed by atoms with E-state index in [1.54, 1.807) is 48.7 Å². The Labute approximate surface area is 128 Å². The Hall–Kier alpha value is -2.10. The fraction of sp³-hybridized carbons (Fsp3) is 0.118. The van der Waals surface area contributed by atoms with Crippen molar-refractivity contribution in [2.75, 3.05) is 4.90 Å². The summed E-state index contributed by atoms with van der Waals surface area (Å²) in [5, 5.41) is 11.4. The van der Waals surface area contributed by atoms with Crippen LogP contribution in [0.2, 0.25) is 5.02 Å². The van der Waals surface area contributed by atoms with Crippen LogP contribution >= 0.6 is 11.6 Å². The monoisotopic (exact) mass is 299 g/mol. The molecule has 0 aliphatic carbocycles. The van der Waals surface area contributed by atoms with E-state index in [-0.39, 0.29) is 12.3 Å². The van der Waals surface area contributed by atoms with Crippen LogP contribution in [0.25, 0.3) is 0 Å². The number of nitrogens with zero attached hydrogens (tertiary/aromatic N) is 1. The van der Waals surface area contributed by atoms with E-state index >= 15 is 0 Å². The highest BCUT2D eigenvalue weighted by Crippen LogP contribution is 2.33. The Morgan fingerprint density at radius 3 is 2.38 bits per heavy atom. The molecule has 1 unspecified atom stereocenters. The molecular formula is C17H14ClNO2. The lowest BCUT2D eigenvalue weighted by Crippen LogP contribution is -2.47. The maximum Gasteiger partial charge on any atom is 0.267 e. The zero-order chi connectivity index (χ0) is 14.9. The number of amides is 1. The molecule has 1 heterocycles. The summed E-state index contributed by atoms with van der Waals surface area (Å²) in [5.41, 5.74) is -0.261. The highest BCUT2D eigenvalue weighted by molar-refractivity contribution is 6.30. The molecule has 0 saturated carbocycles. The molecule has 0 saturated heterocycles. The maximum atomic E-state index is 12.7. The van der Waals surface area contributed by atoms with Crippen LogP contribution in [0.3, 0.4) is 0 Å². The van der Waals surface area contributed by atoms with Crippen LogP contribution in [0.1, 0.15) is 12.0 Å². The third-order valence-corrected chi connectivity index (χ3v) is 3.85. The Kier molecular flexibility index (Phi) is 3.53. The molecule has 3 nitrogen and oxygen atoms in total. The first-order valence-corrected chi connectivity index (χ1v) is 7.03. The lowest BCUT2D eigenvalue weighted by Gasteiger charge is -2.34. The fourth-order valence-corrected chi connectivity index (χ4v) is 2.57. The standard InChI is InChI=1S/C17H14ClNO2/c18-14-7-9-15(10-8-14)19-12-4-11-17(21,16(19)20)13-5-2-1-3-6-13/h1-10,12,21H,11H2. The number of hydrogen-bond donors (Lipinski definition) is 1. The highest BCUT2D eigenvalue weighted by Gasteiger charge is 2.42. The molecule has 21 heavy (non-hydrogen) atoms. The summed E-state index contributed by atoms with van der Waals surface area (Å²) in [6.07, 6.45) is 3.74. The van der Waals surface area contributed by atoms with Gasteiger partial charge in [-0.25, -0.2) is 0 Å². The zero-order valence-electron chi connectivity index (χ0n) is 11.2. The van der Waals surface area contributed by atoms with Gasteiger partial charge in [-0.05, 0) is 29.8 Å². The first-order chi connectivity index (χ1) is 10.1. The molecule has 3 rings (SSSR count). The zero-order valence-corrected chi connectivity index (χ0v) is 12.0. The van der Waals surface area contributed by atoms with E-state index in [0.717, 1.165) is 0 Å². The van der Waals surface area contributed by atoms with Crippen LogP contribution in [-0.4, -0.2) is 11.0 Å². The van der Waals surface area contributed by atoms with Crippen molar-refractivity contribution in [2.45, 2.75) is 12.0 Å². The Bertz CT molecular complexity index is 682. The molecule has 1 aliphatic heterocycles. The van der Waals surface area contributed by atoms with Gasteiger partial charge in [0.1, 0.15) is 0 Å². The largest absolute Gasteiger partial charge is 0.375 e. The number of benzene rings is 2. The van der Waals surface area contributed by atoms with E-state index < -0.39 is 5.60 Å². The fourth-order valence-electron chi connectivity index (χ4n) is 2.44. The SMILES string of the molecule is O=C1N(c2ccc(Cl)cc2)C=CCC1(O)c1ccccc1. The molecule has 4 heteroatoms. The number of rotatable bonds is 2. The molecule has 0 bridgehead atoms. The minimum absolute atomic E-state index is 0.264. The van der Waals surface area contributed by atoms with Gasteiger partial charge in [0.05, 0.1) is 0 Å². The molecule has 0 radical (unpaired) electrons. The van der Waals surface area contributed by atoms with Crippen molar-refractivity contribution >= 4 is 23.2 Å². The third kappa shape index (κ3) is 2.46. The first-order valence-electron chi connectivity index (χ1n) is 6.65. The summed E-state index contributed by atoms with van der Waals surface area (Å²) in [7, 11) is 0. The van der Waals surface area contributed by atoms with E-state index in [1.807, 2.05) is 18.2 Å². The van der Waals surface area contributed by atoms with Gasteiger partial charge in [0, 0.05) is 23.3 Å². The second-order valence-electron chi connectivity index (χ2n) is 4.97. The van der Waals surface area contributed by atoms with Gasteiger partial charge in [0.2, 0.25) is 0 Å². The number of carbonyl (C=O) groups is 1. The van der Waals surface area contributed by atoms with Gasteiger partial charge in [-0.15, -0.1) is 0 Å². The molecule has 0 aromatic heterocycles. The Morgan fingerprint density at radius 1 is 1.05 bits per heavy atom. The Balaban J connectivity index is 1.99. The number of anilines is 1. The molecule has 2 aromatic rings. The number of carbonyl (C=O) groups excluding carboxylic acids is 1. The summed E-state index contributed by atoms with van der Waals surface area (Å²) >= 11 is 5.87. The molecule has 0 fully saturated rings. The smallest absolute Gasteiger partial charge is 0.267 e. The van der Waals surface area contributed by atoms with Crippen LogP contribution in [0.4, 0.5) is 5.69 Å². The van der Waals surface area contributed by atoms with Crippen LogP contribution in [0.5, 0.6) is 0 Å². The van der Waals surface area contributed by atoms with Gasteiger partial charge in [-0.3, -0.25) is 9.69 Å². The predicted octanol–water partition coefficient (Wildman–Crippen LogP) is 3.48. The van der Waals surface area contributed by atoms with Gasteiger partial charge in [-0.1, -0.05) is 48.0 Å². The van der Waals surface area contributed by atoms with Crippen LogP contribution in [0, 0.1) is 0 Å². The summed E-state index contributed by atoms with van der Waals surface area (Å²) < 4.78 is 0. The summed E-state index contributed by atoms with van der Waals surface area (Å²) in [5.74, 6) is -0.362. The second-order valence-corrected chi connectivity index (χ2v) is 5.40. The van der Waals surface area contributed by atoms with E-state index in [4.69, 9.17) is 11.6 Å². The normalized spacial score (nSPS) is 21.6. The molecule has 0 spiro atoms. The van der Waals surface area contributed by atoms with Crippen molar-refractivity contribution in [3.8, 4) is 0 Å². The van der Waals surface area contributed by atoms with Crippen LogP contribution in [-0.2, 0) is 10.4 Å². The quantitative estimate of drug-likeness (QED) is 0.922. The van der Waals surface area contributed by atoms with Crippen molar-refractivity contribution < 1.29 is 9.90 Å². The lowest BCUT2D eigenvalue weighted by molar-refractivity contribution is -0.137. The van der Waals surface area contributed by atoms with Gasteiger partial charge in [-0.2, -0.15) is 0 Å². The van der Waals surface area contributed by atoms with Crippen molar-refractivity contribution in [1.82, 2.24) is 0 Å². The summed E-state index contributed by atoms with van der Waals surface area (Å²) in [6.45, 7) is 0. The first kappa shape index (κ1) is 13.9. The summed E-state index contributed by atoms with van der Waals surface area (Å²) in [4.78, 5) is 14.2. The second kappa shape index (κ2) is 5.35. The number of aliphatic hydroxyl groups is 1. The molecular weight excluding hydrogens is 286 g/mol. The Morgan fingerprint density at radius 2 is 1.71 bits per heavy atom. The van der Waals surface area contributed by atoms with Crippen molar-refractivity contribution in [2.24, 2.45) is 0 Å². The van der Waals surface area contributed by atoms with E-state index in [0.29, 0.717) is 16.3 Å². The van der Waals surface area contributed by atoms with Gasteiger partial charge < -0.3 is 5.11 Å².